The van der Waals surface area contributed by atoms with E-state index in [1.807, 2.05) is 30.6 Å². The van der Waals surface area contributed by atoms with Crippen molar-refractivity contribution in [1.82, 2.24) is 14.8 Å². The average molecular weight is 420 g/mol. The second-order valence-electron chi connectivity index (χ2n) is 9.16. The first-order valence-electron chi connectivity index (χ1n) is 12.0. The molecule has 1 saturated carbocycles. The van der Waals surface area contributed by atoms with Crippen LogP contribution < -0.4 is 4.74 Å². The van der Waals surface area contributed by atoms with E-state index < -0.39 is 0 Å². The van der Waals surface area contributed by atoms with Crippen molar-refractivity contribution in [2.75, 3.05) is 26.2 Å². The molecule has 0 bridgehead atoms. The summed E-state index contributed by atoms with van der Waals surface area (Å²) >= 11 is 0. The number of ether oxygens (including phenoxy) is 1. The van der Waals surface area contributed by atoms with Gasteiger partial charge in [-0.2, -0.15) is 0 Å². The summed E-state index contributed by atoms with van der Waals surface area (Å²) in [6.45, 7) is 9.82. The average Bonchev–Trinajstić information content (AvgIpc) is 3.35. The van der Waals surface area contributed by atoms with E-state index in [0.29, 0.717) is 6.61 Å². The Morgan fingerprint density at radius 3 is 2.58 bits per heavy atom. The third kappa shape index (κ3) is 6.41. The summed E-state index contributed by atoms with van der Waals surface area (Å²) in [5.41, 5.74) is 2.52. The SMILES string of the molecule is C=CCOc1ccccc1CN(Cc1cccnc1)CC1CCN(C2CCCC2)CC1. The van der Waals surface area contributed by atoms with Gasteiger partial charge in [0.2, 0.25) is 0 Å². The fourth-order valence-electron chi connectivity index (χ4n) is 5.23. The van der Waals surface area contributed by atoms with Crippen LogP contribution in [0.5, 0.6) is 5.75 Å². The highest BCUT2D eigenvalue weighted by molar-refractivity contribution is 5.33. The van der Waals surface area contributed by atoms with Crippen molar-refractivity contribution in [1.29, 1.82) is 0 Å². The topological polar surface area (TPSA) is 28.6 Å². The lowest BCUT2D eigenvalue weighted by atomic mass is 9.94. The van der Waals surface area contributed by atoms with Crippen LogP contribution in [0, 0.1) is 5.92 Å². The van der Waals surface area contributed by atoms with E-state index in [1.165, 1.54) is 62.7 Å². The van der Waals surface area contributed by atoms with E-state index in [4.69, 9.17) is 4.74 Å². The molecule has 2 heterocycles. The van der Waals surface area contributed by atoms with Crippen molar-refractivity contribution in [2.45, 2.75) is 57.7 Å². The van der Waals surface area contributed by atoms with Crippen LogP contribution in [0.3, 0.4) is 0 Å². The minimum atomic E-state index is 0.541. The highest BCUT2D eigenvalue weighted by Gasteiger charge is 2.28. The standard InChI is InChI=1S/C27H37N3O/c1-2-18-31-27-12-6-3-9-25(27)22-29(21-24-8-7-15-28-19-24)20-23-13-16-30(17-14-23)26-10-4-5-11-26/h2-3,6-9,12,15,19,23,26H,1,4-5,10-11,13-14,16-18,20-22H2. The van der Waals surface area contributed by atoms with Crippen LogP contribution in [-0.4, -0.2) is 47.1 Å². The lowest BCUT2D eigenvalue weighted by molar-refractivity contribution is 0.106. The fourth-order valence-corrected chi connectivity index (χ4v) is 5.23. The Kier molecular flexibility index (Phi) is 8.14. The first-order chi connectivity index (χ1) is 15.3. The van der Waals surface area contributed by atoms with Gasteiger partial charge in [-0.1, -0.05) is 49.8 Å². The van der Waals surface area contributed by atoms with E-state index in [0.717, 1.165) is 37.3 Å². The van der Waals surface area contributed by atoms with E-state index in [-0.39, 0.29) is 0 Å². The largest absolute Gasteiger partial charge is 0.489 e. The summed E-state index contributed by atoms with van der Waals surface area (Å²) in [6, 6.07) is 13.5. The van der Waals surface area contributed by atoms with Crippen molar-refractivity contribution in [2.24, 2.45) is 5.92 Å². The molecule has 1 aromatic carbocycles. The van der Waals surface area contributed by atoms with E-state index in [9.17, 15) is 0 Å². The van der Waals surface area contributed by atoms with Gasteiger partial charge in [0, 0.05) is 43.6 Å². The highest BCUT2D eigenvalue weighted by atomic mass is 16.5. The molecule has 0 amide bonds. The van der Waals surface area contributed by atoms with Crippen LogP contribution in [0.2, 0.25) is 0 Å². The summed E-state index contributed by atoms with van der Waals surface area (Å²) in [5.74, 6) is 1.73. The first-order valence-corrected chi connectivity index (χ1v) is 12.0. The molecular formula is C27H37N3O. The zero-order chi connectivity index (χ0) is 21.3. The van der Waals surface area contributed by atoms with Crippen molar-refractivity contribution >= 4 is 0 Å². The van der Waals surface area contributed by atoms with Gasteiger partial charge in [0.25, 0.3) is 0 Å². The van der Waals surface area contributed by atoms with Crippen molar-refractivity contribution in [3.05, 3.63) is 72.6 Å². The zero-order valence-corrected chi connectivity index (χ0v) is 18.8. The molecule has 0 spiro atoms. The minimum absolute atomic E-state index is 0.541. The van der Waals surface area contributed by atoms with Crippen LogP contribution in [0.25, 0.3) is 0 Å². The Morgan fingerprint density at radius 2 is 1.84 bits per heavy atom. The number of pyridine rings is 1. The Hall–Kier alpha value is -2.17. The molecule has 2 fully saturated rings. The second kappa shape index (κ2) is 11.4. The number of piperidine rings is 1. The molecule has 1 aliphatic carbocycles. The van der Waals surface area contributed by atoms with Crippen molar-refractivity contribution in [3.8, 4) is 5.75 Å². The Labute approximate surface area is 187 Å². The molecule has 4 nitrogen and oxygen atoms in total. The molecule has 2 aromatic rings. The molecular weight excluding hydrogens is 382 g/mol. The molecule has 31 heavy (non-hydrogen) atoms. The molecule has 1 saturated heterocycles. The molecule has 4 heteroatoms. The number of hydrogen-bond donors (Lipinski definition) is 0. The van der Waals surface area contributed by atoms with Crippen LogP contribution in [0.4, 0.5) is 0 Å². The maximum atomic E-state index is 5.93. The third-order valence-electron chi connectivity index (χ3n) is 6.86. The van der Waals surface area contributed by atoms with Crippen molar-refractivity contribution < 1.29 is 4.74 Å². The number of rotatable bonds is 10. The van der Waals surface area contributed by atoms with E-state index >= 15 is 0 Å². The maximum absolute atomic E-state index is 5.93. The summed E-state index contributed by atoms with van der Waals surface area (Å²) in [5, 5.41) is 0. The number of para-hydroxylation sites is 1. The second-order valence-corrected chi connectivity index (χ2v) is 9.16. The molecule has 0 radical (unpaired) electrons. The van der Waals surface area contributed by atoms with Gasteiger partial charge in [-0.15, -0.1) is 0 Å². The van der Waals surface area contributed by atoms with Gasteiger partial charge in [-0.05, 0) is 62.4 Å². The Bertz CT molecular complexity index is 795. The quantitative estimate of drug-likeness (QED) is 0.489. The summed E-state index contributed by atoms with van der Waals surface area (Å²) in [6.07, 6.45) is 14.0. The smallest absolute Gasteiger partial charge is 0.124 e. The summed E-state index contributed by atoms with van der Waals surface area (Å²) in [4.78, 5) is 9.69. The monoisotopic (exact) mass is 419 g/mol. The Morgan fingerprint density at radius 1 is 1.03 bits per heavy atom. The van der Waals surface area contributed by atoms with Crippen molar-refractivity contribution in [3.63, 3.8) is 0 Å². The number of nitrogens with zero attached hydrogens (tertiary/aromatic N) is 3. The van der Waals surface area contributed by atoms with E-state index in [1.54, 1.807) is 0 Å². The molecule has 4 rings (SSSR count). The van der Waals surface area contributed by atoms with Gasteiger partial charge >= 0.3 is 0 Å². The predicted molar refractivity (Wildman–Crippen MR) is 127 cm³/mol. The zero-order valence-electron chi connectivity index (χ0n) is 18.8. The van der Waals surface area contributed by atoms with Crippen LogP contribution in [0.15, 0.2) is 61.4 Å². The van der Waals surface area contributed by atoms with Crippen LogP contribution in [0.1, 0.15) is 49.7 Å². The summed E-state index contributed by atoms with van der Waals surface area (Å²) < 4.78 is 5.93. The molecule has 2 aliphatic rings. The van der Waals surface area contributed by atoms with Gasteiger partial charge in [0.1, 0.15) is 12.4 Å². The number of aromatic nitrogens is 1. The van der Waals surface area contributed by atoms with Crippen LogP contribution >= 0.6 is 0 Å². The van der Waals surface area contributed by atoms with Gasteiger partial charge in [0.15, 0.2) is 0 Å². The fraction of sp³-hybridized carbons (Fsp3) is 0.519. The first kappa shape index (κ1) is 22.0. The third-order valence-corrected chi connectivity index (χ3v) is 6.86. The molecule has 0 unspecified atom stereocenters. The van der Waals surface area contributed by atoms with Gasteiger partial charge in [0.05, 0.1) is 0 Å². The van der Waals surface area contributed by atoms with Crippen LogP contribution in [-0.2, 0) is 13.1 Å². The molecule has 1 aliphatic heterocycles. The Balaban J connectivity index is 1.41. The minimum Gasteiger partial charge on any atom is -0.489 e. The lowest BCUT2D eigenvalue weighted by Gasteiger charge is -2.38. The van der Waals surface area contributed by atoms with Gasteiger partial charge in [-0.25, -0.2) is 0 Å². The number of hydrogen-bond acceptors (Lipinski definition) is 4. The number of likely N-dealkylation sites (tertiary alicyclic amines) is 1. The molecule has 0 atom stereocenters. The maximum Gasteiger partial charge on any atom is 0.124 e. The highest BCUT2D eigenvalue weighted by Crippen LogP contribution is 2.29. The van der Waals surface area contributed by atoms with Gasteiger partial charge in [-0.3, -0.25) is 9.88 Å². The predicted octanol–water partition coefficient (Wildman–Crippen LogP) is 5.30. The summed E-state index contributed by atoms with van der Waals surface area (Å²) in [7, 11) is 0. The normalized spacial score (nSPS) is 18.5. The molecule has 166 valence electrons. The lowest BCUT2D eigenvalue weighted by Crippen LogP contribution is -2.42. The number of benzene rings is 1. The van der Waals surface area contributed by atoms with E-state index in [2.05, 4.69) is 45.6 Å². The van der Waals surface area contributed by atoms with Gasteiger partial charge < -0.3 is 9.64 Å². The molecule has 0 N–H and O–H groups in total. The molecule has 1 aromatic heterocycles.